The number of benzene rings is 2. The zero-order chi connectivity index (χ0) is 22.5. The quantitative estimate of drug-likeness (QED) is 0.561. The molecule has 4 rings (SSSR count). The molecule has 1 aromatic heterocycles. The lowest BCUT2D eigenvalue weighted by Gasteiger charge is -2.32. The van der Waals surface area contributed by atoms with Gasteiger partial charge in [-0.3, -0.25) is 9.69 Å². The molecule has 0 atom stereocenters. The molecule has 5 nitrogen and oxygen atoms in total. The number of likely N-dealkylation sites (N-methyl/N-ethyl adjacent to an activating group) is 1. The van der Waals surface area contributed by atoms with Gasteiger partial charge in [0.1, 0.15) is 5.01 Å². The summed E-state index contributed by atoms with van der Waals surface area (Å²) in [5, 5.41) is 5.94. The maximum absolute atomic E-state index is 12.5. The number of piperazine rings is 1. The minimum absolute atomic E-state index is 0.0389. The predicted molar refractivity (Wildman–Crippen MR) is 133 cm³/mol. The molecule has 1 saturated heterocycles. The molecule has 0 bridgehead atoms. The molecular weight excluding hydrogens is 416 g/mol. The van der Waals surface area contributed by atoms with Gasteiger partial charge in [0.15, 0.2) is 0 Å². The number of nitrogens with one attached hydrogen (secondary N) is 1. The average molecular weight is 449 g/mol. The lowest BCUT2D eigenvalue weighted by Crippen LogP contribution is -2.43. The van der Waals surface area contributed by atoms with Crippen LogP contribution in [0, 0.1) is 0 Å². The number of rotatable bonds is 7. The Bertz CT molecular complexity index is 1040. The minimum Gasteiger partial charge on any atom is -0.326 e. The second-order valence-electron chi connectivity index (χ2n) is 8.93. The summed E-state index contributed by atoms with van der Waals surface area (Å²) in [6, 6.07) is 16.7. The van der Waals surface area contributed by atoms with E-state index in [0.717, 1.165) is 54.7 Å². The molecule has 2 heterocycles. The van der Waals surface area contributed by atoms with Crippen LogP contribution in [0.25, 0.3) is 10.6 Å². The molecule has 1 aliphatic heterocycles. The normalized spacial score (nSPS) is 15.2. The van der Waals surface area contributed by atoms with Crippen LogP contribution in [-0.4, -0.2) is 53.9 Å². The topological polar surface area (TPSA) is 48.5 Å². The van der Waals surface area contributed by atoms with Gasteiger partial charge in [-0.05, 0) is 42.3 Å². The van der Waals surface area contributed by atoms with Gasteiger partial charge in [0.25, 0.3) is 0 Å². The van der Waals surface area contributed by atoms with Crippen molar-refractivity contribution in [3.8, 4) is 10.6 Å². The number of thiazole rings is 1. The van der Waals surface area contributed by atoms with Crippen molar-refractivity contribution in [3.63, 3.8) is 0 Å². The fourth-order valence-electron chi connectivity index (χ4n) is 3.91. The van der Waals surface area contributed by atoms with Crippen molar-refractivity contribution in [2.45, 2.75) is 32.7 Å². The Kier molecular flexibility index (Phi) is 7.35. The summed E-state index contributed by atoms with van der Waals surface area (Å²) in [5.41, 5.74) is 5.34. The Morgan fingerprint density at radius 1 is 1.09 bits per heavy atom. The Morgan fingerprint density at radius 3 is 2.56 bits per heavy atom. The summed E-state index contributed by atoms with van der Waals surface area (Å²) in [6.45, 7) is 9.76. The van der Waals surface area contributed by atoms with Crippen molar-refractivity contribution in [1.29, 1.82) is 0 Å². The molecule has 168 valence electrons. The number of nitrogens with zero attached hydrogens (tertiary/aromatic N) is 3. The zero-order valence-corrected chi connectivity index (χ0v) is 20.0. The predicted octanol–water partition coefficient (Wildman–Crippen LogP) is 4.86. The van der Waals surface area contributed by atoms with Gasteiger partial charge in [0, 0.05) is 49.4 Å². The standard InChI is InChI=1S/C26H32N4OS/c1-19(2)21-7-9-23(10-8-21)27-25(31)16-24-18-32-26(28-24)22-6-4-5-20(15-22)17-30-13-11-29(3)12-14-30/h4-10,15,18-19H,11-14,16-17H2,1-3H3,(H,27,31). The lowest BCUT2D eigenvalue weighted by atomic mass is 10.0. The van der Waals surface area contributed by atoms with Gasteiger partial charge in [0.2, 0.25) is 5.91 Å². The second kappa shape index (κ2) is 10.4. The summed E-state index contributed by atoms with van der Waals surface area (Å²) < 4.78 is 0. The fourth-order valence-corrected chi connectivity index (χ4v) is 4.73. The summed E-state index contributed by atoms with van der Waals surface area (Å²) in [7, 11) is 2.18. The largest absolute Gasteiger partial charge is 0.326 e. The Morgan fingerprint density at radius 2 is 1.84 bits per heavy atom. The van der Waals surface area contributed by atoms with Gasteiger partial charge in [-0.15, -0.1) is 11.3 Å². The van der Waals surface area contributed by atoms with E-state index in [9.17, 15) is 4.79 Å². The highest BCUT2D eigenvalue weighted by molar-refractivity contribution is 7.13. The van der Waals surface area contributed by atoms with Crippen molar-refractivity contribution in [1.82, 2.24) is 14.8 Å². The van der Waals surface area contributed by atoms with Gasteiger partial charge < -0.3 is 10.2 Å². The van der Waals surface area contributed by atoms with Gasteiger partial charge in [-0.2, -0.15) is 0 Å². The molecule has 1 N–H and O–H groups in total. The average Bonchev–Trinajstić information content (AvgIpc) is 3.24. The molecule has 1 aliphatic rings. The number of anilines is 1. The number of hydrogen-bond donors (Lipinski definition) is 1. The number of amides is 1. The highest BCUT2D eigenvalue weighted by Gasteiger charge is 2.15. The zero-order valence-electron chi connectivity index (χ0n) is 19.2. The third-order valence-corrected chi connectivity index (χ3v) is 6.87. The SMILES string of the molecule is CC(C)c1ccc(NC(=O)Cc2csc(-c3cccc(CN4CCN(C)CC4)c3)n2)cc1. The van der Waals surface area contributed by atoms with Gasteiger partial charge in [0.05, 0.1) is 12.1 Å². The molecule has 3 aromatic rings. The number of hydrogen-bond acceptors (Lipinski definition) is 5. The van der Waals surface area contributed by atoms with E-state index in [1.165, 1.54) is 11.1 Å². The number of carbonyl (C=O) groups excluding carboxylic acids is 1. The van der Waals surface area contributed by atoms with Crippen LogP contribution in [-0.2, 0) is 17.8 Å². The van der Waals surface area contributed by atoms with Gasteiger partial charge in [-0.1, -0.05) is 44.2 Å². The Labute approximate surface area is 195 Å². The lowest BCUT2D eigenvalue weighted by molar-refractivity contribution is -0.115. The summed E-state index contributed by atoms with van der Waals surface area (Å²) in [6.07, 6.45) is 0.281. The summed E-state index contributed by atoms with van der Waals surface area (Å²) in [5.74, 6) is 0.441. The minimum atomic E-state index is -0.0389. The van der Waals surface area contributed by atoms with E-state index in [-0.39, 0.29) is 12.3 Å². The van der Waals surface area contributed by atoms with E-state index in [0.29, 0.717) is 5.92 Å². The van der Waals surface area contributed by atoms with Crippen LogP contribution < -0.4 is 5.32 Å². The number of carbonyl (C=O) groups is 1. The van der Waals surface area contributed by atoms with Crippen LogP contribution in [0.4, 0.5) is 5.69 Å². The second-order valence-corrected chi connectivity index (χ2v) is 9.78. The molecular formula is C26H32N4OS. The van der Waals surface area contributed by atoms with Crippen LogP contribution in [0.5, 0.6) is 0 Å². The van der Waals surface area contributed by atoms with E-state index in [1.807, 2.05) is 17.5 Å². The van der Waals surface area contributed by atoms with Crippen LogP contribution in [0.1, 0.15) is 36.6 Å². The van der Waals surface area contributed by atoms with E-state index in [1.54, 1.807) is 11.3 Å². The van der Waals surface area contributed by atoms with Crippen molar-refractivity contribution < 1.29 is 4.79 Å². The third kappa shape index (κ3) is 6.03. The van der Waals surface area contributed by atoms with Crippen molar-refractivity contribution in [3.05, 3.63) is 70.7 Å². The van der Waals surface area contributed by atoms with Crippen LogP contribution in [0.2, 0.25) is 0 Å². The molecule has 0 unspecified atom stereocenters. The highest BCUT2D eigenvalue weighted by atomic mass is 32.1. The first-order chi connectivity index (χ1) is 15.5. The van der Waals surface area contributed by atoms with Crippen molar-refractivity contribution in [2.75, 3.05) is 38.5 Å². The first-order valence-corrected chi connectivity index (χ1v) is 12.2. The molecule has 32 heavy (non-hydrogen) atoms. The molecule has 0 aliphatic carbocycles. The molecule has 0 spiro atoms. The molecule has 1 fully saturated rings. The third-order valence-electron chi connectivity index (χ3n) is 5.93. The first kappa shape index (κ1) is 22.6. The van der Waals surface area contributed by atoms with Gasteiger partial charge in [-0.25, -0.2) is 4.98 Å². The monoisotopic (exact) mass is 448 g/mol. The fraction of sp³-hybridized carbons (Fsp3) is 0.385. The highest BCUT2D eigenvalue weighted by Crippen LogP contribution is 2.26. The number of aromatic nitrogens is 1. The Balaban J connectivity index is 1.35. The first-order valence-electron chi connectivity index (χ1n) is 11.3. The smallest absolute Gasteiger partial charge is 0.230 e. The maximum atomic E-state index is 12.5. The molecule has 2 aromatic carbocycles. The van der Waals surface area contributed by atoms with Crippen molar-refractivity contribution in [2.24, 2.45) is 0 Å². The Hall–Kier alpha value is -2.54. The van der Waals surface area contributed by atoms with Crippen LogP contribution >= 0.6 is 11.3 Å². The summed E-state index contributed by atoms with van der Waals surface area (Å²) >= 11 is 1.60. The van der Waals surface area contributed by atoms with E-state index >= 15 is 0 Å². The molecule has 0 radical (unpaired) electrons. The summed E-state index contributed by atoms with van der Waals surface area (Å²) in [4.78, 5) is 22.1. The van der Waals surface area contributed by atoms with E-state index < -0.39 is 0 Å². The van der Waals surface area contributed by atoms with Gasteiger partial charge >= 0.3 is 0 Å². The van der Waals surface area contributed by atoms with E-state index in [4.69, 9.17) is 4.98 Å². The molecule has 1 amide bonds. The molecule has 0 saturated carbocycles. The van der Waals surface area contributed by atoms with Crippen LogP contribution in [0.3, 0.4) is 0 Å². The van der Waals surface area contributed by atoms with E-state index in [2.05, 4.69) is 72.4 Å². The van der Waals surface area contributed by atoms with Crippen LogP contribution in [0.15, 0.2) is 53.9 Å². The maximum Gasteiger partial charge on any atom is 0.230 e. The van der Waals surface area contributed by atoms with Crippen molar-refractivity contribution >= 4 is 22.9 Å². The molecule has 6 heteroatoms.